The SMILES string of the molecule is CNc1ncnc(N(CCOC)CC(C)C)c1Br. The lowest BCUT2D eigenvalue weighted by Crippen LogP contribution is -2.32. The number of methoxy groups -OCH3 is 1. The molecule has 102 valence electrons. The van der Waals surface area contributed by atoms with Gasteiger partial charge in [-0.15, -0.1) is 0 Å². The zero-order valence-electron chi connectivity index (χ0n) is 11.4. The highest BCUT2D eigenvalue weighted by Crippen LogP contribution is 2.29. The van der Waals surface area contributed by atoms with Crippen LogP contribution in [0.1, 0.15) is 13.8 Å². The van der Waals surface area contributed by atoms with Crippen molar-refractivity contribution in [3.8, 4) is 0 Å². The van der Waals surface area contributed by atoms with Crippen LogP contribution in [0.3, 0.4) is 0 Å². The Labute approximate surface area is 117 Å². The first-order chi connectivity index (χ1) is 8.60. The lowest BCUT2D eigenvalue weighted by atomic mass is 10.2. The Bertz CT molecular complexity index is 373. The summed E-state index contributed by atoms with van der Waals surface area (Å²) in [4.78, 5) is 10.7. The van der Waals surface area contributed by atoms with Gasteiger partial charge in [0, 0.05) is 27.2 Å². The van der Waals surface area contributed by atoms with Crippen LogP contribution in [-0.4, -0.2) is 43.8 Å². The number of nitrogens with zero attached hydrogens (tertiary/aromatic N) is 3. The number of nitrogens with one attached hydrogen (secondary N) is 1. The minimum Gasteiger partial charge on any atom is -0.383 e. The van der Waals surface area contributed by atoms with E-state index in [1.165, 1.54) is 0 Å². The van der Waals surface area contributed by atoms with Crippen molar-refractivity contribution < 1.29 is 4.74 Å². The van der Waals surface area contributed by atoms with Crippen LogP contribution in [0.5, 0.6) is 0 Å². The van der Waals surface area contributed by atoms with Crippen LogP contribution in [0.25, 0.3) is 0 Å². The first-order valence-corrected chi connectivity index (χ1v) is 6.81. The minimum atomic E-state index is 0.557. The van der Waals surface area contributed by atoms with Crippen molar-refractivity contribution in [3.05, 3.63) is 10.8 Å². The van der Waals surface area contributed by atoms with E-state index in [4.69, 9.17) is 4.74 Å². The number of rotatable bonds is 7. The third-order valence-electron chi connectivity index (χ3n) is 2.46. The van der Waals surface area contributed by atoms with Crippen molar-refractivity contribution in [2.75, 3.05) is 44.1 Å². The van der Waals surface area contributed by atoms with Gasteiger partial charge < -0.3 is 15.0 Å². The van der Waals surface area contributed by atoms with Crippen LogP contribution in [0, 0.1) is 5.92 Å². The molecule has 0 fully saturated rings. The highest BCUT2D eigenvalue weighted by atomic mass is 79.9. The second-order valence-corrected chi connectivity index (χ2v) is 5.24. The van der Waals surface area contributed by atoms with E-state index < -0.39 is 0 Å². The summed E-state index contributed by atoms with van der Waals surface area (Å²) in [6.45, 7) is 6.80. The van der Waals surface area contributed by atoms with Gasteiger partial charge in [0.25, 0.3) is 0 Å². The molecule has 0 saturated carbocycles. The van der Waals surface area contributed by atoms with E-state index in [0.717, 1.165) is 29.2 Å². The molecule has 0 aromatic carbocycles. The molecule has 18 heavy (non-hydrogen) atoms. The van der Waals surface area contributed by atoms with Gasteiger partial charge >= 0.3 is 0 Å². The van der Waals surface area contributed by atoms with Gasteiger partial charge in [-0.05, 0) is 21.8 Å². The Morgan fingerprint density at radius 3 is 2.72 bits per heavy atom. The molecule has 0 radical (unpaired) electrons. The Balaban J connectivity index is 2.96. The van der Waals surface area contributed by atoms with Crippen LogP contribution in [-0.2, 0) is 4.74 Å². The largest absolute Gasteiger partial charge is 0.383 e. The normalized spacial score (nSPS) is 10.8. The molecule has 1 heterocycles. The summed E-state index contributed by atoms with van der Waals surface area (Å²) in [7, 11) is 3.56. The van der Waals surface area contributed by atoms with Gasteiger partial charge in [-0.3, -0.25) is 0 Å². The minimum absolute atomic E-state index is 0.557. The maximum absolute atomic E-state index is 5.16. The van der Waals surface area contributed by atoms with Crippen LogP contribution < -0.4 is 10.2 Å². The molecule has 0 aliphatic heterocycles. The number of aromatic nitrogens is 2. The van der Waals surface area contributed by atoms with Gasteiger partial charge in [-0.2, -0.15) is 0 Å². The number of hydrogen-bond acceptors (Lipinski definition) is 5. The van der Waals surface area contributed by atoms with Crippen LogP contribution in [0.2, 0.25) is 0 Å². The Kier molecular flexibility index (Phi) is 6.35. The summed E-state index contributed by atoms with van der Waals surface area (Å²) in [5, 5.41) is 3.04. The van der Waals surface area contributed by atoms with Crippen molar-refractivity contribution in [1.29, 1.82) is 0 Å². The molecule has 1 N–H and O–H groups in total. The van der Waals surface area contributed by atoms with Gasteiger partial charge in [0.1, 0.15) is 22.4 Å². The summed E-state index contributed by atoms with van der Waals surface area (Å²) in [5.41, 5.74) is 0. The van der Waals surface area contributed by atoms with Gasteiger partial charge in [0.2, 0.25) is 0 Å². The first kappa shape index (κ1) is 15.2. The second kappa shape index (κ2) is 7.53. The number of hydrogen-bond donors (Lipinski definition) is 1. The molecule has 0 amide bonds. The van der Waals surface area contributed by atoms with Crippen molar-refractivity contribution in [3.63, 3.8) is 0 Å². The van der Waals surface area contributed by atoms with Crippen LogP contribution in [0.4, 0.5) is 11.6 Å². The maximum Gasteiger partial charge on any atom is 0.148 e. The quantitative estimate of drug-likeness (QED) is 0.837. The molecule has 0 aliphatic carbocycles. The molecule has 0 aliphatic rings. The van der Waals surface area contributed by atoms with Crippen molar-refractivity contribution >= 4 is 27.6 Å². The molecular weight excluding hydrogens is 296 g/mol. The standard InChI is InChI=1S/C12H21BrN4O/c1-9(2)7-17(5-6-18-4)12-10(13)11(14-3)15-8-16-12/h8-9H,5-7H2,1-4H3,(H,14,15,16). The van der Waals surface area contributed by atoms with E-state index in [0.29, 0.717) is 12.5 Å². The van der Waals surface area contributed by atoms with E-state index >= 15 is 0 Å². The fourth-order valence-corrected chi connectivity index (χ4v) is 2.33. The molecule has 0 bridgehead atoms. The lowest BCUT2D eigenvalue weighted by molar-refractivity contribution is 0.204. The van der Waals surface area contributed by atoms with Crippen LogP contribution in [0.15, 0.2) is 10.8 Å². The van der Waals surface area contributed by atoms with E-state index in [-0.39, 0.29) is 0 Å². The van der Waals surface area contributed by atoms with Crippen LogP contribution >= 0.6 is 15.9 Å². The molecule has 5 nitrogen and oxygen atoms in total. The molecule has 0 spiro atoms. The zero-order chi connectivity index (χ0) is 13.5. The number of anilines is 2. The average Bonchev–Trinajstić information content (AvgIpc) is 2.34. The molecule has 1 aromatic rings. The Morgan fingerprint density at radius 1 is 1.44 bits per heavy atom. The number of halogens is 1. The number of ether oxygens (including phenoxy) is 1. The maximum atomic E-state index is 5.16. The monoisotopic (exact) mass is 316 g/mol. The second-order valence-electron chi connectivity index (χ2n) is 4.44. The molecule has 0 unspecified atom stereocenters. The third kappa shape index (κ3) is 4.10. The van der Waals surface area contributed by atoms with E-state index in [1.54, 1.807) is 13.4 Å². The molecule has 0 saturated heterocycles. The van der Waals surface area contributed by atoms with Crippen molar-refractivity contribution in [1.82, 2.24) is 9.97 Å². The van der Waals surface area contributed by atoms with E-state index in [9.17, 15) is 0 Å². The zero-order valence-corrected chi connectivity index (χ0v) is 13.0. The molecular formula is C12H21BrN4O. The van der Waals surface area contributed by atoms with E-state index in [2.05, 4.69) is 50.0 Å². The van der Waals surface area contributed by atoms with E-state index in [1.807, 2.05) is 7.05 Å². The summed E-state index contributed by atoms with van der Waals surface area (Å²) < 4.78 is 6.05. The lowest BCUT2D eigenvalue weighted by Gasteiger charge is -2.26. The smallest absolute Gasteiger partial charge is 0.148 e. The predicted octanol–water partition coefficient (Wildman–Crippen LogP) is 2.39. The predicted molar refractivity (Wildman–Crippen MR) is 78.2 cm³/mol. The van der Waals surface area contributed by atoms with Crippen molar-refractivity contribution in [2.24, 2.45) is 5.92 Å². The Morgan fingerprint density at radius 2 is 2.17 bits per heavy atom. The summed E-state index contributed by atoms with van der Waals surface area (Å²) in [6.07, 6.45) is 1.58. The molecule has 1 rings (SSSR count). The fraction of sp³-hybridized carbons (Fsp3) is 0.667. The fourth-order valence-electron chi connectivity index (χ4n) is 1.68. The van der Waals surface area contributed by atoms with Gasteiger partial charge in [0.05, 0.1) is 6.61 Å². The highest BCUT2D eigenvalue weighted by molar-refractivity contribution is 9.10. The highest BCUT2D eigenvalue weighted by Gasteiger charge is 2.15. The third-order valence-corrected chi connectivity index (χ3v) is 3.19. The first-order valence-electron chi connectivity index (χ1n) is 6.02. The summed E-state index contributed by atoms with van der Waals surface area (Å²) in [6, 6.07) is 0. The van der Waals surface area contributed by atoms with Gasteiger partial charge in [-0.25, -0.2) is 9.97 Å². The summed E-state index contributed by atoms with van der Waals surface area (Å²) >= 11 is 3.55. The molecule has 0 atom stereocenters. The van der Waals surface area contributed by atoms with Gasteiger partial charge in [0.15, 0.2) is 0 Å². The Hall–Kier alpha value is -0.880. The summed E-state index contributed by atoms with van der Waals surface area (Å²) in [5.74, 6) is 2.26. The average molecular weight is 317 g/mol. The van der Waals surface area contributed by atoms with Crippen molar-refractivity contribution in [2.45, 2.75) is 13.8 Å². The molecule has 1 aromatic heterocycles. The molecule has 6 heteroatoms. The van der Waals surface area contributed by atoms with Gasteiger partial charge in [-0.1, -0.05) is 13.8 Å². The topological polar surface area (TPSA) is 50.3 Å².